The Balaban J connectivity index is 1.85. The number of H-pyrrole nitrogens is 1. The van der Waals surface area contributed by atoms with Gasteiger partial charge in [-0.25, -0.2) is 0 Å². The summed E-state index contributed by atoms with van der Waals surface area (Å²) in [5.74, 6) is 0.919. The lowest BCUT2D eigenvalue weighted by Gasteiger charge is -2.20. The zero-order chi connectivity index (χ0) is 13.2. The molecule has 0 radical (unpaired) electrons. The summed E-state index contributed by atoms with van der Waals surface area (Å²) in [4.78, 5) is 15.7. The summed E-state index contributed by atoms with van der Waals surface area (Å²) in [5.41, 5.74) is 3.15. The van der Waals surface area contributed by atoms with Gasteiger partial charge in [0.2, 0.25) is 0 Å². The van der Waals surface area contributed by atoms with Crippen LogP contribution < -0.4 is 0 Å². The molecule has 19 heavy (non-hydrogen) atoms. The minimum absolute atomic E-state index is 0.312. The molecular weight excluding hydrogens is 234 g/mol. The van der Waals surface area contributed by atoms with E-state index in [4.69, 9.17) is 0 Å². The molecule has 0 amide bonds. The van der Waals surface area contributed by atoms with Crippen molar-refractivity contribution in [2.45, 2.75) is 45.4 Å². The maximum Gasteiger partial charge on any atom is 0.165 e. The Labute approximate surface area is 114 Å². The van der Waals surface area contributed by atoms with Crippen molar-refractivity contribution in [3.63, 3.8) is 0 Å². The van der Waals surface area contributed by atoms with Gasteiger partial charge in [-0.05, 0) is 24.5 Å². The number of Topliss-reactive ketones (excluding diaryl/α,β-unsaturated/α-hetero) is 1. The van der Waals surface area contributed by atoms with Gasteiger partial charge in [0.25, 0.3) is 0 Å². The number of hydrogen-bond acceptors (Lipinski definition) is 1. The average Bonchev–Trinajstić information content (AvgIpc) is 2.85. The minimum Gasteiger partial charge on any atom is -0.360 e. The lowest BCUT2D eigenvalue weighted by Crippen LogP contribution is -2.12. The Bertz CT molecular complexity index is 590. The van der Waals surface area contributed by atoms with Crippen LogP contribution in [0.15, 0.2) is 24.4 Å². The molecule has 1 aromatic carbocycles. The predicted octanol–water partition coefficient (Wildman–Crippen LogP) is 4.63. The van der Waals surface area contributed by atoms with Crippen LogP contribution in [-0.4, -0.2) is 10.8 Å². The molecule has 2 nitrogen and oxygen atoms in total. The summed E-state index contributed by atoms with van der Waals surface area (Å²) in [6.07, 6.45) is 9.01. The van der Waals surface area contributed by atoms with Crippen molar-refractivity contribution in [1.29, 1.82) is 0 Å². The van der Waals surface area contributed by atoms with Gasteiger partial charge in [0.15, 0.2) is 5.78 Å². The second kappa shape index (κ2) is 5.20. The Kier molecular flexibility index (Phi) is 3.41. The van der Waals surface area contributed by atoms with Crippen LogP contribution in [0.1, 0.15) is 54.4 Å². The molecule has 0 unspecified atom stereocenters. The summed E-state index contributed by atoms with van der Waals surface area (Å²) < 4.78 is 0. The first-order valence-electron chi connectivity index (χ1n) is 7.35. The van der Waals surface area contributed by atoms with Crippen LogP contribution in [0.5, 0.6) is 0 Å². The van der Waals surface area contributed by atoms with E-state index >= 15 is 0 Å². The number of benzene rings is 1. The molecule has 0 saturated heterocycles. The monoisotopic (exact) mass is 255 g/mol. The topological polar surface area (TPSA) is 32.9 Å². The van der Waals surface area contributed by atoms with Crippen LogP contribution in [0.3, 0.4) is 0 Å². The predicted molar refractivity (Wildman–Crippen MR) is 78.6 cm³/mol. The van der Waals surface area contributed by atoms with Crippen LogP contribution in [-0.2, 0) is 0 Å². The highest BCUT2D eigenvalue weighted by Crippen LogP contribution is 2.29. The fourth-order valence-electron chi connectivity index (χ4n) is 3.35. The van der Waals surface area contributed by atoms with Crippen LogP contribution in [0, 0.1) is 12.8 Å². The van der Waals surface area contributed by atoms with Crippen molar-refractivity contribution in [2.75, 3.05) is 0 Å². The van der Waals surface area contributed by atoms with Gasteiger partial charge in [-0.15, -0.1) is 0 Å². The van der Waals surface area contributed by atoms with Crippen molar-refractivity contribution in [2.24, 2.45) is 5.92 Å². The second-order valence-corrected chi connectivity index (χ2v) is 5.83. The number of aromatic amines is 1. The van der Waals surface area contributed by atoms with E-state index in [2.05, 4.69) is 18.0 Å². The SMILES string of the molecule is Cc1cccc2[nH]cc(C(=O)CC3CCCCC3)c12. The molecule has 1 fully saturated rings. The van der Waals surface area contributed by atoms with E-state index in [1.54, 1.807) is 0 Å². The van der Waals surface area contributed by atoms with Crippen LogP contribution in [0.2, 0.25) is 0 Å². The number of rotatable bonds is 3. The normalized spacial score (nSPS) is 16.9. The molecule has 1 saturated carbocycles. The maximum atomic E-state index is 12.5. The lowest BCUT2D eigenvalue weighted by molar-refractivity contribution is 0.0952. The number of fused-ring (bicyclic) bond motifs is 1. The van der Waals surface area contributed by atoms with E-state index in [1.807, 2.05) is 18.3 Å². The largest absolute Gasteiger partial charge is 0.360 e. The van der Waals surface area contributed by atoms with Gasteiger partial charge < -0.3 is 4.98 Å². The highest BCUT2D eigenvalue weighted by Gasteiger charge is 2.20. The van der Waals surface area contributed by atoms with E-state index in [1.165, 1.54) is 37.7 Å². The zero-order valence-electron chi connectivity index (χ0n) is 11.5. The van der Waals surface area contributed by atoms with Crippen molar-refractivity contribution < 1.29 is 4.79 Å². The number of aromatic nitrogens is 1. The van der Waals surface area contributed by atoms with E-state index in [0.29, 0.717) is 11.7 Å². The Morgan fingerprint density at radius 2 is 2.05 bits per heavy atom. The first-order valence-corrected chi connectivity index (χ1v) is 7.35. The quantitative estimate of drug-likeness (QED) is 0.797. The molecule has 0 atom stereocenters. The number of carbonyl (C=O) groups excluding carboxylic acids is 1. The summed E-state index contributed by atoms with van der Waals surface area (Å²) in [6, 6.07) is 6.15. The summed E-state index contributed by atoms with van der Waals surface area (Å²) in [5, 5.41) is 1.11. The fraction of sp³-hybridized carbons (Fsp3) is 0.471. The number of nitrogens with one attached hydrogen (secondary N) is 1. The molecule has 3 rings (SSSR count). The molecular formula is C17H21NO. The second-order valence-electron chi connectivity index (χ2n) is 5.83. The summed E-state index contributed by atoms with van der Waals surface area (Å²) in [7, 11) is 0. The first-order chi connectivity index (χ1) is 9.25. The molecule has 2 heteroatoms. The Morgan fingerprint density at radius 3 is 2.84 bits per heavy atom. The number of hydrogen-bond donors (Lipinski definition) is 1. The average molecular weight is 255 g/mol. The molecule has 0 bridgehead atoms. The number of carbonyl (C=O) groups is 1. The van der Waals surface area contributed by atoms with Crippen molar-refractivity contribution in [3.8, 4) is 0 Å². The molecule has 1 N–H and O–H groups in total. The molecule has 0 spiro atoms. The van der Waals surface area contributed by atoms with E-state index in [-0.39, 0.29) is 0 Å². The zero-order valence-corrected chi connectivity index (χ0v) is 11.5. The molecule has 1 aliphatic carbocycles. The van der Waals surface area contributed by atoms with E-state index in [9.17, 15) is 4.79 Å². The third kappa shape index (κ3) is 2.44. The van der Waals surface area contributed by atoms with Gasteiger partial charge in [-0.2, -0.15) is 0 Å². The minimum atomic E-state index is 0.312. The first kappa shape index (κ1) is 12.5. The molecule has 100 valence electrons. The smallest absolute Gasteiger partial charge is 0.165 e. The third-order valence-electron chi connectivity index (χ3n) is 4.41. The summed E-state index contributed by atoms with van der Waals surface area (Å²) in [6.45, 7) is 2.08. The van der Waals surface area contributed by atoms with Crippen molar-refractivity contribution >= 4 is 16.7 Å². The van der Waals surface area contributed by atoms with E-state index in [0.717, 1.165) is 22.9 Å². The van der Waals surface area contributed by atoms with Gasteiger partial charge in [-0.3, -0.25) is 4.79 Å². The van der Waals surface area contributed by atoms with Gasteiger partial charge in [0.05, 0.1) is 0 Å². The molecule has 1 aromatic heterocycles. The molecule has 1 aliphatic rings. The van der Waals surface area contributed by atoms with Gasteiger partial charge in [0, 0.05) is 29.1 Å². The van der Waals surface area contributed by atoms with Gasteiger partial charge >= 0.3 is 0 Å². The highest BCUT2D eigenvalue weighted by molar-refractivity contribution is 6.08. The standard InChI is InChI=1S/C17H21NO/c1-12-6-5-9-15-17(12)14(11-18-15)16(19)10-13-7-3-2-4-8-13/h5-6,9,11,13,18H,2-4,7-8,10H2,1H3. The van der Waals surface area contributed by atoms with Gasteiger partial charge in [0.1, 0.15) is 0 Å². The molecule has 2 aromatic rings. The van der Waals surface area contributed by atoms with Crippen LogP contribution in [0.4, 0.5) is 0 Å². The maximum absolute atomic E-state index is 12.5. The number of aryl methyl sites for hydroxylation is 1. The Hall–Kier alpha value is -1.57. The highest BCUT2D eigenvalue weighted by atomic mass is 16.1. The fourth-order valence-corrected chi connectivity index (χ4v) is 3.35. The summed E-state index contributed by atoms with van der Waals surface area (Å²) >= 11 is 0. The van der Waals surface area contributed by atoms with Gasteiger partial charge in [-0.1, -0.05) is 44.2 Å². The third-order valence-corrected chi connectivity index (χ3v) is 4.41. The lowest BCUT2D eigenvalue weighted by atomic mass is 9.84. The van der Waals surface area contributed by atoms with Crippen LogP contribution in [0.25, 0.3) is 10.9 Å². The van der Waals surface area contributed by atoms with E-state index < -0.39 is 0 Å². The van der Waals surface area contributed by atoms with Crippen LogP contribution >= 0.6 is 0 Å². The van der Waals surface area contributed by atoms with Crippen molar-refractivity contribution in [1.82, 2.24) is 4.98 Å². The Morgan fingerprint density at radius 1 is 1.26 bits per heavy atom. The van der Waals surface area contributed by atoms with Crippen molar-refractivity contribution in [3.05, 3.63) is 35.5 Å². The number of ketones is 1. The molecule has 0 aliphatic heterocycles. The molecule has 1 heterocycles.